The first-order chi connectivity index (χ1) is 0. The third-order valence-corrected chi connectivity index (χ3v) is 0. The average molecular weight is 500 g/mol. The zero-order chi connectivity index (χ0) is 0. The molecule has 0 amide bonds. The first-order valence-corrected chi connectivity index (χ1v) is 0. The first kappa shape index (κ1) is 36.5. The molecule has 0 aliphatic rings. The largest absolute Gasteiger partial charge is 0 e. The van der Waals surface area contributed by atoms with Crippen molar-refractivity contribution in [1.82, 2.24) is 0 Å². The summed E-state index contributed by atoms with van der Waals surface area (Å²) in [5.41, 5.74) is 0. The van der Waals surface area contributed by atoms with E-state index in [9.17, 15) is 0 Å². The van der Waals surface area contributed by atoms with Crippen molar-refractivity contribution in [3.05, 3.63) is 0 Å². The Kier molecular flexibility index (Phi) is 180. The van der Waals surface area contributed by atoms with Crippen molar-refractivity contribution in [2.75, 3.05) is 0 Å². The molecule has 0 N–H and O–H groups in total. The van der Waals surface area contributed by atoms with Crippen molar-refractivity contribution >= 4 is 118 Å². The van der Waals surface area contributed by atoms with Gasteiger partial charge in [-0.05, 0) is 0 Å². The molecule has 0 nitrogen and oxygen atoms in total. The molecule has 19 valence electrons. The van der Waals surface area contributed by atoms with E-state index in [2.05, 4.69) is 0 Å². The molecule has 0 aliphatic heterocycles. The summed E-state index contributed by atoms with van der Waals surface area (Å²) >= 11 is 0. The van der Waals surface area contributed by atoms with Gasteiger partial charge < -0.3 is 0 Å². The van der Waals surface area contributed by atoms with Crippen molar-refractivity contribution in [3.8, 4) is 0 Å². The van der Waals surface area contributed by atoms with E-state index in [4.69, 9.17) is 0 Å². The monoisotopic (exact) mass is 499 g/mol. The summed E-state index contributed by atoms with van der Waals surface area (Å²) in [6.45, 7) is 0. The van der Waals surface area contributed by atoms with Crippen LogP contribution in [-0.2, 0) is 0 Å². The van der Waals surface area contributed by atoms with Crippen LogP contribution in [0.3, 0.4) is 0 Å². The summed E-state index contributed by atoms with van der Waals surface area (Å²) in [5, 5.41) is 0. The molecule has 0 aromatic rings. The standard InChI is InChI=1S/Al.2In.2Sb. The maximum atomic E-state index is 0. The predicted octanol–water partition coefficient (Wildman–Crippen LogP) is -1.90. The summed E-state index contributed by atoms with van der Waals surface area (Å²) in [5.74, 6) is 0. The van der Waals surface area contributed by atoms with E-state index in [1.165, 1.54) is 0 Å². The second-order valence-corrected chi connectivity index (χ2v) is 0. The van der Waals surface area contributed by atoms with Gasteiger partial charge in [0.2, 0.25) is 0 Å². The molecule has 0 heterocycles. The van der Waals surface area contributed by atoms with Gasteiger partial charge >= 0.3 is 0 Å². The fraction of sp³-hybridized carbons (Fsp3) is 0. The van der Waals surface area contributed by atoms with Crippen LogP contribution >= 0.6 is 0 Å². The van der Waals surface area contributed by atoms with Crippen molar-refractivity contribution in [2.45, 2.75) is 0 Å². The topological polar surface area (TPSA) is 0 Å². The van der Waals surface area contributed by atoms with Crippen molar-refractivity contribution < 1.29 is 0 Å². The average Bonchev–Trinajstić information content (AvgIpc) is 0. The van der Waals surface area contributed by atoms with E-state index < -0.39 is 0 Å². The van der Waals surface area contributed by atoms with E-state index >= 15 is 0 Å². The minimum atomic E-state index is 0. The Balaban J connectivity index is 0. The van der Waals surface area contributed by atoms with E-state index in [1.807, 2.05) is 0 Å². The van der Waals surface area contributed by atoms with Gasteiger partial charge in [0.25, 0.3) is 0 Å². The van der Waals surface area contributed by atoms with Crippen molar-refractivity contribution in [1.29, 1.82) is 0 Å². The van der Waals surface area contributed by atoms with Gasteiger partial charge in [-0.2, -0.15) is 0 Å². The van der Waals surface area contributed by atoms with Crippen LogP contribution in [0.5, 0.6) is 0 Å². The van der Waals surface area contributed by atoms with Crippen LogP contribution in [0.1, 0.15) is 0 Å². The van der Waals surface area contributed by atoms with Crippen LogP contribution in [0.2, 0.25) is 0 Å². The molecule has 0 aliphatic carbocycles. The Hall–Kier alpha value is 3.91. The minimum absolute atomic E-state index is 0. The molecule has 0 fully saturated rings. The van der Waals surface area contributed by atoms with Gasteiger partial charge in [0.05, 0.1) is 0 Å². The maximum absolute atomic E-state index is 0. The van der Waals surface area contributed by atoms with Crippen LogP contribution in [0.4, 0.5) is 0 Å². The molecule has 0 saturated heterocycles. The van der Waals surface area contributed by atoms with Gasteiger partial charge in [-0.1, -0.05) is 0 Å². The number of hydrogen-bond donors (Lipinski definition) is 0. The van der Waals surface area contributed by atoms with Gasteiger partial charge in [-0.25, -0.2) is 0 Å². The number of rotatable bonds is 0. The third-order valence-electron chi connectivity index (χ3n) is 0. The molecule has 0 aromatic carbocycles. The molecule has 0 atom stereocenters. The van der Waals surface area contributed by atoms with Crippen LogP contribution in [0.15, 0.2) is 0 Å². The number of hydrogen-bond acceptors (Lipinski definition) is 0. The Labute approximate surface area is 115 Å². The van der Waals surface area contributed by atoms with Crippen molar-refractivity contribution in [2.24, 2.45) is 0 Å². The molecular formula is AlIn2Sb2. The molecule has 5 heavy (non-hydrogen) atoms. The summed E-state index contributed by atoms with van der Waals surface area (Å²) < 4.78 is 0. The molecule has 15 radical (unpaired) electrons. The van der Waals surface area contributed by atoms with Crippen molar-refractivity contribution in [3.63, 3.8) is 0 Å². The first-order valence-electron chi connectivity index (χ1n) is 0. The van der Waals surface area contributed by atoms with Gasteiger partial charge in [0, 0.05) is 118 Å². The second kappa shape index (κ2) is 24.7. The van der Waals surface area contributed by atoms with Gasteiger partial charge in [0.1, 0.15) is 0 Å². The maximum Gasteiger partial charge on any atom is 0 e. The molecule has 0 rings (SSSR count). The minimum Gasteiger partial charge on any atom is 0 e. The van der Waals surface area contributed by atoms with Crippen LogP contribution in [-0.4, -0.2) is 118 Å². The van der Waals surface area contributed by atoms with E-state index in [0.29, 0.717) is 0 Å². The quantitative estimate of drug-likeness (QED) is 0.341. The summed E-state index contributed by atoms with van der Waals surface area (Å²) in [7, 11) is 0. The van der Waals surface area contributed by atoms with Gasteiger partial charge in [-0.3, -0.25) is 0 Å². The van der Waals surface area contributed by atoms with Gasteiger partial charge in [0.15, 0.2) is 0 Å². The fourth-order valence-electron chi connectivity index (χ4n) is 0. The Morgan fingerprint density at radius 3 is 0.600 bits per heavy atom. The molecule has 0 saturated carbocycles. The van der Waals surface area contributed by atoms with Gasteiger partial charge in [-0.15, -0.1) is 0 Å². The summed E-state index contributed by atoms with van der Waals surface area (Å²) in [6, 6.07) is 0. The van der Waals surface area contributed by atoms with E-state index in [1.54, 1.807) is 0 Å². The predicted molar refractivity (Wildman–Crippen MR) is 28.8 cm³/mol. The molecule has 0 unspecified atom stereocenters. The second-order valence-electron chi connectivity index (χ2n) is 0. The van der Waals surface area contributed by atoms with E-state index in [0.717, 1.165) is 0 Å². The Bertz CT molecular complexity index is 7.61. The molecule has 5 heteroatoms. The van der Waals surface area contributed by atoms with Crippen LogP contribution in [0, 0.1) is 0 Å². The smallest absolute Gasteiger partial charge is 0 e. The van der Waals surface area contributed by atoms with Crippen LogP contribution in [0.25, 0.3) is 0 Å². The Morgan fingerprint density at radius 1 is 0.600 bits per heavy atom. The molecular weight excluding hydrogens is 500 g/mol. The fourth-order valence-corrected chi connectivity index (χ4v) is 0. The third kappa shape index (κ3) is 18.1. The summed E-state index contributed by atoms with van der Waals surface area (Å²) in [6.07, 6.45) is 0. The zero-order valence-electron chi connectivity index (χ0n) is 2.63. The Morgan fingerprint density at radius 2 is 0.600 bits per heavy atom. The molecule has 0 spiro atoms. The molecule has 0 aromatic heterocycles. The normalized spacial score (nSPS) is 0. The SMILES string of the molecule is [Al].[In].[In].[Sb].[Sb]. The zero-order valence-corrected chi connectivity index (χ0v) is 15.5. The summed E-state index contributed by atoms with van der Waals surface area (Å²) in [4.78, 5) is 0. The molecule has 0 bridgehead atoms. The van der Waals surface area contributed by atoms with E-state index in [-0.39, 0.29) is 118 Å². The van der Waals surface area contributed by atoms with Crippen LogP contribution < -0.4 is 0 Å².